The van der Waals surface area contributed by atoms with Crippen molar-refractivity contribution in [3.05, 3.63) is 71.9 Å². The van der Waals surface area contributed by atoms with E-state index in [1.807, 2.05) is 17.5 Å². The lowest BCUT2D eigenvalue weighted by Crippen LogP contribution is -2.12. The van der Waals surface area contributed by atoms with Crippen LogP contribution >= 0.6 is 11.3 Å². The molecule has 0 spiro atoms. The molecular formula is C27H23NOS. The smallest absolute Gasteiger partial charge is 0.123 e. The van der Waals surface area contributed by atoms with E-state index in [2.05, 4.69) is 75.4 Å². The number of benzene rings is 3. The summed E-state index contributed by atoms with van der Waals surface area (Å²) < 4.78 is 8.42. The molecule has 2 nitrogen and oxygen atoms in total. The number of pyridine rings is 1. The summed E-state index contributed by atoms with van der Waals surface area (Å²) in [6.45, 7) is 7.64. The van der Waals surface area contributed by atoms with E-state index in [0.29, 0.717) is 0 Å². The molecule has 30 heavy (non-hydrogen) atoms. The average molecular weight is 410 g/mol. The summed E-state index contributed by atoms with van der Waals surface area (Å²) in [5.41, 5.74) is 5.05. The lowest BCUT2D eigenvalue weighted by molar-refractivity contribution is 0.357. The van der Waals surface area contributed by atoms with Crippen LogP contribution in [-0.4, -0.2) is 11.6 Å². The molecule has 2 aromatic heterocycles. The second-order valence-electron chi connectivity index (χ2n) is 9.15. The predicted octanol–water partition coefficient (Wildman–Crippen LogP) is 7.50. The molecule has 0 N–H and O–H groups in total. The fourth-order valence-electron chi connectivity index (χ4n) is 4.77. The van der Waals surface area contributed by atoms with Crippen LogP contribution in [0.3, 0.4) is 0 Å². The van der Waals surface area contributed by atoms with Crippen molar-refractivity contribution in [2.45, 2.75) is 32.6 Å². The fourth-order valence-corrected chi connectivity index (χ4v) is 6.00. The first-order valence-corrected chi connectivity index (χ1v) is 11.3. The first-order valence-electron chi connectivity index (χ1n) is 10.5. The van der Waals surface area contributed by atoms with Crippen LogP contribution in [0.15, 0.2) is 60.8 Å². The van der Waals surface area contributed by atoms with Crippen LogP contribution in [0, 0.1) is 0 Å². The molecule has 3 heterocycles. The Morgan fingerprint density at radius 2 is 1.83 bits per heavy atom. The van der Waals surface area contributed by atoms with Gasteiger partial charge in [0.2, 0.25) is 0 Å². The molecule has 5 aromatic rings. The molecule has 1 aliphatic rings. The van der Waals surface area contributed by atoms with Crippen LogP contribution in [0.1, 0.15) is 31.9 Å². The van der Waals surface area contributed by atoms with E-state index in [0.717, 1.165) is 24.5 Å². The monoisotopic (exact) mass is 409 g/mol. The number of ether oxygens (including phenoxy) is 1. The molecule has 0 bridgehead atoms. The second kappa shape index (κ2) is 6.29. The Morgan fingerprint density at radius 3 is 2.70 bits per heavy atom. The van der Waals surface area contributed by atoms with Crippen molar-refractivity contribution in [1.29, 1.82) is 0 Å². The van der Waals surface area contributed by atoms with E-state index in [1.54, 1.807) is 0 Å². The molecule has 0 saturated heterocycles. The first-order chi connectivity index (χ1) is 14.5. The summed E-state index contributed by atoms with van der Waals surface area (Å²) in [5, 5.41) is 5.25. The van der Waals surface area contributed by atoms with Gasteiger partial charge in [-0.05, 0) is 52.1 Å². The van der Waals surface area contributed by atoms with Gasteiger partial charge in [-0.1, -0.05) is 45.0 Å². The third kappa shape index (κ3) is 2.58. The maximum Gasteiger partial charge on any atom is 0.123 e. The van der Waals surface area contributed by atoms with Gasteiger partial charge in [0.1, 0.15) is 5.75 Å². The maximum atomic E-state index is 5.83. The number of aromatic nitrogens is 1. The molecule has 3 heteroatoms. The number of fused-ring (bicyclic) bond motifs is 6. The zero-order chi connectivity index (χ0) is 20.5. The second-order valence-corrected chi connectivity index (χ2v) is 10.2. The van der Waals surface area contributed by atoms with E-state index < -0.39 is 0 Å². The molecule has 0 aliphatic carbocycles. The van der Waals surface area contributed by atoms with Gasteiger partial charge in [-0.25, -0.2) is 0 Å². The van der Waals surface area contributed by atoms with Gasteiger partial charge in [0.05, 0.1) is 17.0 Å². The third-order valence-corrected chi connectivity index (χ3v) is 7.35. The lowest BCUT2D eigenvalue weighted by atomic mass is 9.82. The van der Waals surface area contributed by atoms with Crippen LogP contribution < -0.4 is 4.74 Å². The number of hydrogen-bond donors (Lipinski definition) is 0. The molecule has 3 aromatic carbocycles. The van der Waals surface area contributed by atoms with Gasteiger partial charge in [-0.15, -0.1) is 11.3 Å². The van der Waals surface area contributed by atoms with Crippen LogP contribution in [0.5, 0.6) is 5.75 Å². The van der Waals surface area contributed by atoms with E-state index in [4.69, 9.17) is 9.72 Å². The summed E-state index contributed by atoms with van der Waals surface area (Å²) in [6, 6.07) is 19.8. The highest BCUT2D eigenvalue weighted by Crippen LogP contribution is 2.45. The van der Waals surface area contributed by atoms with Crippen LogP contribution in [0.4, 0.5) is 0 Å². The van der Waals surface area contributed by atoms with E-state index >= 15 is 0 Å². The largest absolute Gasteiger partial charge is 0.493 e. The Balaban J connectivity index is 1.68. The van der Waals surface area contributed by atoms with Gasteiger partial charge in [0, 0.05) is 39.2 Å². The molecule has 6 rings (SSSR count). The molecule has 0 saturated carbocycles. The highest BCUT2D eigenvalue weighted by atomic mass is 32.1. The van der Waals surface area contributed by atoms with Crippen LogP contribution in [0.2, 0.25) is 0 Å². The summed E-state index contributed by atoms with van der Waals surface area (Å²) >= 11 is 1.85. The molecule has 0 fully saturated rings. The predicted molar refractivity (Wildman–Crippen MR) is 128 cm³/mol. The van der Waals surface area contributed by atoms with E-state index in [-0.39, 0.29) is 5.41 Å². The SMILES string of the molecule is CC(C)(C)c1cc(-c2nccc3c2sc2ccc4c(c23)CCO4)cc2ccccc12. The normalized spacial score (nSPS) is 13.8. The highest BCUT2D eigenvalue weighted by Gasteiger charge is 2.22. The fraction of sp³-hybridized carbons (Fsp3) is 0.222. The van der Waals surface area contributed by atoms with Crippen LogP contribution in [-0.2, 0) is 11.8 Å². The molecule has 1 aliphatic heterocycles. The minimum Gasteiger partial charge on any atom is -0.493 e. The van der Waals surface area contributed by atoms with Crippen molar-refractivity contribution in [3.63, 3.8) is 0 Å². The summed E-state index contributed by atoms with van der Waals surface area (Å²) in [7, 11) is 0. The molecule has 148 valence electrons. The summed E-state index contributed by atoms with van der Waals surface area (Å²) in [6.07, 6.45) is 2.95. The molecule has 0 atom stereocenters. The summed E-state index contributed by atoms with van der Waals surface area (Å²) in [4.78, 5) is 4.88. The van der Waals surface area contributed by atoms with Gasteiger partial charge in [0.15, 0.2) is 0 Å². The van der Waals surface area contributed by atoms with Crippen LogP contribution in [0.25, 0.3) is 42.2 Å². The Bertz CT molecular complexity index is 1460. The van der Waals surface area contributed by atoms with Gasteiger partial charge in [0.25, 0.3) is 0 Å². The Kier molecular flexibility index (Phi) is 3.76. The summed E-state index contributed by atoms with van der Waals surface area (Å²) in [5.74, 6) is 1.04. The topological polar surface area (TPSA) is 22.1 Å². The standard InChI is InChI=1S/C27H23NOS/c1-27(2,3)21-15-17(14-16-6-4-5-7-18(16)21)25-26-20(10-12-28-25)24-19-11-13-29-22(19)8-9-23(24)30-26/h4-10,12,14-15H,11,13H2,1-3H3. The Labute approximate surface area is 180 Å². The van der Waals surface area contributed by atoms with Crippen molar-refractivity contribution in [1.82, 2.24) is 4.98 Å². The zero-order valence-corrected chi connectivity index (χ0v) is 18.3. The highest BCUT2D eigenvalue weighted by molar-refractivity contribution is 7.26. The van der Waals surface area contributed by atoms with Gasteiger partial charge in [-0.2, -0.15) is 0 Å². The lowest BCUT2D eigenvalue weighted by Gasteiger charge is -2.22. The number of hydrogen-bond acceptors (Lipinski definition) is 3. The minimum absolute atomic E-state index is 0.0574. The molecule has 0 amide bonds. The Morgan fingerprint density at radius 1 is 0.967 bits per heavy atom. The maximum absolute atomic E-state index is 5.83. The first kappa shape index (κ1) is 17.9. The van der Waals surface area contributed by atoms with E-state index in [9.17, 15) is 0 Å². The van der Waals surface area contributed by atoms with Crippen molar-refractivity contribution >= 4 is 42.3 Å². The number of thiophene rings is 1. The zero-order valence-electron chi connectivity index (χ0n) is 17.5. The van der Waals surface area contributed by atoms with E-state index in [1.165, 1.54) is 47.6 Å². The molecule has 0 unspecified atom stereocenters. The third-order valence-electron chi connectivity index (χ3n) is 6.17. The van der Waals surface area contributed by atoms with Gasteiger partial charge < -0.3 is 4.74 Å². The van der Waals surface area contributed by atoms with Crippen molar-refractivity contribution in [2.75, 3.05) is 6.61 Å². The average Bonchev–Trinajstić information content (AvgIpc) is 3.35. The number of nitrogens with zero attached hydrogens (tertiary/aromatic N) is 1. The van der Waals surface area contributed by atoms with Crippen molar-refractivity contribution in [3.8, 4) is 17.0 Å². The van der Waals surface area contributed by atoms with Gasteiger partial charge >= 0.3 is 0 Å². The Hall–Kier alpha value is -2.91. The molecule has 0 radical (unpaired) electrons. The quantitative estimate of drug-likeness (QED) is 0.286. The van der Waals surface area contributed by atoms with Crippen molar-refractivity contribution in [2.24, 2.45) is 0 Å². The van der Waals surface area contributed by atoms with Gasteiger partial charge in [-0.3, -0.25) is 4.98 Å². The van der Waals surface area contributed by atoms with Crippen molar-refractivity contribution < 1.29 is 4.74 Å². The molecular weight excluding hydrogens is 386 g/mol. The number of rotatable bonds is 1. The minimum atomic E-state index is 0.0574.